The Morgan fingerprint density at radius 1 is 1.56 bits per heavy atom. The van der Waals surface area contributed by atoms with Gasteiger partial charge in [-0.1, -0.05) is 6.92 Å². The van der Waals surface area contributed by atoms with Crippen molar-refractivity contribution in [2.75, 3.05) is 13.7 Å². The number of rotatable bonds is 6. The van der Waals surface area contributed by atoms with Gasteiger partial charge in [-0.3, -0.25) is 0 Å². The fraction of sp³-hybridized carbons (Fsp3) is 0.667. The third-order valence-electron chi connectivity index (χ3n) is 2.15. The molecule has 0 amide bonds. The van der Waals surface area contributed by atoms with Crippen LogP contribution in [0.4, 0.5) is 0 Å². The molecule has 92 valence electrons. The van der Waals surface area contributed by atoms with E-state index in [0.29, 0.717) is 19.6 Å². The summed E-state index contributed by atoms with van der Waals surface area (Å²) in [5.41, 5.74) is 0. The van der Waals surface area contributed by atoms with Crippen LogP contribution in [-0.2, 0) is 26.8 Å². The molecule has 0 fully saturated rings. The van der Waals surface area contributed by atoms with Gasteiger partial charge in [0, 0.05) is 43.6 Å². The van der Waals surface area contributed by atoms with Crippen molar-refractivity contribution in [3.8, 4) is 0 Å². The zero-order valence-corrected chi connectivity index (χ0v) is 10.9. The third kappa shape index (κ3) is 3.47. The summed E-state index contributed by atoms with van der Waals surface area (Å²) in [5.74, 6) is 0.718. The van der Waals surface area contributed by atoms with E-state index in [0.717, 1.165) is 12.2 Å². The lowest BCUT2D eigenvalue weighted by Crippen LogP contribution is -2.04. The number of imidazole rings is 1. The zero-order valence-electron chi connectivity index (χ0n) is 9.31. The fourth-order valence-electron chi connectivity index (χ4n) is 1.40. The van der Waals surface area contributed by atoms with E-state index in [2.05, 4.69) is 4.98 Å². The van der Waals surface area contributed by atoms with Gasteiger partial charge < -0.3 is 9.30 Å². The molecule has 16 heavy (non-hydrogen) atoms. The molecule has 0 spiro atoms. The summed E-state index contributed by atoms with van der Waals surface area (Å²) in [5, 5.41) is -0.0802. The van der Waals surface area contributed by atoms with Gasteiger partial charge in [0.25, 0.3) is 9.05 Å². The van der Waals surface area contributed by atoms with Gasteiger partial charge in [-0.05, 0) is 6.42 Å². The molecule has 0 saturated carbocycles. The maximum Gasteiger partial charge on any atom is 0.280 e. The molecule has 0 unspecified atom stereocenters. The summed E-state index contributed by atoms with van der Waals surface area (Å²) in [6.45, 7) is 3.22. The van der Waals surface area contributed by atoms with Gasteiger partial charge in [0.15, 0.2) is 5.03 Å². The summed E-state index contributed by atoms with van der Waals surface area (Å²) in [7, 11) is 3.13. The minimum absolute atomic E-state index is 0.0802. The number of methoxy groups -OCH3 is 1. The molecule has 1 aromatic rings. The smallest absolute Gasteiger partial charge is 0.280 e. The van der Waals surface area contributed by atoms with Gasteiger partial charge in [0.1, 0.15) is 5.82 Å². The van der Waals surface area contributed by atoms with Crippen LogP contribution in [0.3, 0.4) is 0 Å². The first-order valence-electron chi connectivity index (χ1n) is 4.98. The van der Waals surface area contributed by atoms with Gasteiger partial charge in [-0.2, -0.15) is 0 Å². The van der Waals surface area contributed by atoms with Crippen LogP contribution >= 0.6 is 10.7 Å². The van der Waals surface area contributed by atoms with E-state index < -0.39 is 9.05 Å². The molecule has 1 heterocycles. The van der Waals surface area contributed by atoms with Crippen LogP contribution in [0.5, 0.6) is 0 Å². The Morgan fingerprint density at radius 3 is 2.75 bits per heavy atom. The van der Waals surface area contributed by atoms with Crippen molar-refractivity contribution in [2.24, 2.45) is 0 Å². The number of aryl methyl sites for hydroxylation is 2. The van der Waals surface area contributed by atoms with Crippen LogP contribution < -0.4 is 0 Å². The van der Waals surface area contributed by atoms with Crippen molar-refractivity contribution in [3.63, 3.8) is 0 Å². The van der Waals surface area contributed by atoms with Gasteiger partial charge in [0.05, 0.1) is 0 Å². The molecule has 0 aliphatic heterocycles. The average molecular weight is 267 g/mol. The quantitative estimate of drug-likeness (QED) is 0.577. The summed E-state index contributed by atoms with van der Waals surface area (Å²) in [4.78, 5) is 3.98. The summed E-state index contributed by atoms with van der Waals surface area (Å²) in [6.07, 6.45) is 2.94. The van der Waals surface area contributed by atoms with E-state index in [1.54, 1.807) is 11.7 Å². The van der Waals surface area contributed by atoms with Gasteiger partial charge >= 0.3 is 0 Å². The second kappa shape index (κ2) is 5.65. The van der Waals surface area contributed by atoms with Crippen molar-refractivity contribution in [1.29, 1.82) is 0 Å². The van der Waals surface area contributed by atoms with E-state index >= 15 is 0 Å². The van der Waals surface area contributed by atoms with E-state index in [4.69, 9.17) is 15.4 Å². The normalized spacial score (nSPS) is 11.9. The largest absolute Gasteiger partial charge is 0.385 e. The minimum atomic E-state index is -3.74. The van der Waals surface area contributed by atoms with Crippen molar-refractivity contribution >= 4 is 19.7 Å². The van der Waals surface area contributed by atoms with E-state index in [1.165, 1.54) is 6.20 Å². The first-order valence-corrected chi connectivity index (χ1v) is 7.29. The molecule has 0 N–H and O–H groups in total. The second-order valence-corrected chi connectivity index (χ2v) is 5.84. The number of ether oxygens (including phenoxy) is 1. The predicted octanol–water partition coefficient (Wildman–Crippen LogP) is 1.41. The molecule has 0 radical (unpaired) electrons. The van der Waals surface area contributed by atoms with Crippen LogP contribution in [0.1, 0.15) is 19.2 Å². The van der Waals surface area contributed by atoms with Gasteiger partial charge in [-0.25, -0.2) is 13.4 Å². The molecule has 0 bridgehead atoms. The Bertz CT molecular complexity index is 442. The summed E-state index contributed by atoms with van der Waals surface area (Å²) >= 11 is 0. The standard InChI is InChI=1S/C9H15ClN2O3S/c1-3-8-11-9(16(10,13)14)7-12(8)5-4-6-15-2/h7H,3-6H2,1-2H3. The van der Waals surface area contributed by atoms with Crippen molar-refractivity contribution in [3.05, 3.63) is 12.0 Å². The Balaban J connectivity index is 2.87. The average Bonchev–Trinajstić information content (AvgIpc) is 2.61. The SMILES string of the molecule is CCc1nc(S(=O)(=O)Cl)cn1CCCOC. The van der Waals surface area contributed by atoms with Crippen molar-refractivity contribution in [2.45, 2.75) is 31.3 Å². The number of hydrogen-bond donors (Lipinski definition) is 0. The maximum absolute atomic E-state index is 11.1. The molecule has 1 aromatic heterocycles. The molecule has 0 aromatic carbocycles. The second-order valence-electron chi connectivity index (χ2n) is 3.33. The molecular formula is C9H15ClN2O3S. The number of halogens is 1. The Hall–Kier alpha value is -0.590. The van der Waals surface area contributed by atoms with E-state index in [-0.39, 0.29) is 5.03 Å². The summed E-state index contributed by atoms with van der Waals surface area (Å²) < 4.78 is 29.0. The van der Waals surface area contributed by atoms with Crippen LogP contribution in [0.25, 0.3) is 0 Å². The Labute approximate surface area is 99.8 Å². The van der Waals surface area contributed by atoms with E-state index in [1.807, 2.05) is 6.92 Å². The molecule has 0 atom stereocenters. The lowest BCUT2D eigenvalue weighted by molar-refractivity contribution is 0.190. The first-order chi connectivity index (χ1) is 7.49. The third-order valence-corrected chi connectivity index (χ3v) is 3.32. The van der Waals surface area contributed by atoms with Crippen LogP contribution in [0.15, 0.2) is 11.2 Å². The minimum Gasteiger partial charge on any atom is -0.385 e. The molecule has 0 aliphatic rings. The zero-order chi connectivity index (χ0) is 12.2. The molecular weight excluding hydrogens is 252 g/mol. The predicted molar refractivity (Wildman–Crippen MR) is 61.1 cm³/mol. The van der Waals surface area contributed by atoms with Gasteiger partial charge in [-0.15, -0.1) is 0 Å². The number of nitrogens with zero attached hydrogens (tertiary/aromatic N) is 2. The van der Waals surface area contributed by atoms with Crippen molar-refractivity contribution in [1.82, 2.24) is 9.55 Å². The highest BCUT2D eigenvalue weighted by Gasteiger charge is 2.16. The topological polar surface area (TPSA) is 61.2 Å². The van der Waals surface area contributed by atoms with E-state index in [9.17, 15) is 8.42 Å². The van der Waals surface area contributed by atoms with Crippen LogP contribution in [0.2, 0.25) is 0 Å². The highest BCUT2D eigenvalue weighted by atomic mass is 35.7. The molecule has 0 aliphatic carbocycles. The Morgan fingerprint density at radius 2 is 2.25 bits per heavy atom. The summed E-state index contributed by atoms with van der Waals surface area (Å²) in [6, 6.07) is 0. The molecule has 1 rings (SSSR count). The molecule has 5 nitrogen and oxygen atoms in total. The lowest BCUT2D eigenvalue weighted by atomic mass is 10.4. The van der Waals surface area contributed by atoms with Gasteiger partial charge in [0.2, 0.25) is 0 Å². The number of hydrogen-bond acceptors (Lipinski definition) is 4. The maximum atomic E-state index is 11.1. The van der Waals surface area contributed by atoms with Crippen LogP contribution in [-0.4, -0.2) is 31.7 Å². The lowest BCUT2D eigenvalue weighted by Gasteiger charge is -2.04. The fourth-order valence-corrected chi connectivity index (χ4v) is 2.09. The number of aromatic nitrogens is 2. The molecule has 0 saturated heterocycles. The monoisotopic (exact) mass is 266 g/mol. The Kier molecular flexibility index (Phi) is 4.76. The van der Waals surface area contributed by atoms with Crippen LogP contribution in [0, 0.1) is 0 Å². The van der Waals surface area contributed by atoms with Crippen molar-refractivity contribution < 1.29 is 13.2 Å². The highest BCUT2D eigenvalue weighted by molar-refractivity contribution is 8.13. The highest BCUT2D eigenvalue weighted by Crippen LogP contribution is 2.15. The first kappa shape index (κ1) is 13.5. The molecule has 7 heteroatoms.